The molecule has 1 N–H and O–H groups in total. The van der Waals surface area contributed by atoms with E-state index in [0.717, 1.165) is 21.5 Å². The number of nitrogens with zero attached hydrogens (tertiary/aromatic N) is 1. The van der Waals surface area contributed by atoms with E-state index in [0.29, 0.717) is 29.6 Å². The molecular formula is C18H17ClN2O2S. The van der Waals surface area contributed by atoms with Crippen LogP contribution < -0.4 is 10.1 Å². The summed E-state index contributed by atoms with van der Waals surface area (Å²) in [6.07, 6.45) is 1.07. The van der Waals surface area contributed by atoms with Crippen LogP contribution >= 0.6 is 22.9 Å². The van der Waals surface area contributed by atoms with Gasteiger partial charge in [-0.15, -0.1) is 0 Å². The van der Waals surface area contributed by atoms with Gasteiger partial charge in [-0.2, -0.15) is 0 Å². The van der Waals surface area contributed by atoms with Crippen LogP contribution in [0.15, 0.2) is 42.5 Å². The number of hydrogen-bond donors (Lipinski definition) is 1. The van der Waals surface area contributed by atoms with E-state index in [1.54, 1.807) is 0 Å². The minimum Gasteiger partial charge on any atom is -0.494 e. The summed E-state index contributed by atoms with van der Waals surface area (Å²) < 4.78 is 6.48. The maximum absolute atomic E-state index is 12.1. The molecule has 0 aliphatic heterocycles. The van der Waals surface area contributed by atoms with Gasteiger partial charge in [0.1, 0.15) is 5.75 Å². The summed E-state index contributed by atoms with van der Waals surface area (Å²) in [5.74, 6) is 0.767. The number of ether oxygens (including phenoxy) is 1. The highest BCUT2D eigenvalue weighted by atomic mass is 35.5. The van der Waals surface area contributed by atoms with Gasteiger partial charge in [-0.1, -0.05) is 35.1 Å². The van der Waals surface area contributed by atoms with Crippen LogP contribution in [-0.2, 0) is 11.2 Å². The van der Waals surface area contributed by atoms with Gasteiger partial charge < -0.3 is 10.1 Å². The number of aryl methyl sites for hydroxylation is 1. The van der Waals surface area contributed by atoms with E-state index < -0.39 is 0 Å². The Bertz CT molecular complexity index is 846. The third-order valence-electron chi connectivity index (χ3n) is 3.47. The molecule has 0 unspecified atom stereocenters. The molecule has 24 heavy (non-hydrogen) atoms. The lowest BCUT2D eigenvalue weighted by molar-refractivity contribution is -0.116. The van der Waals surface area contributed by atoms with Gasteiger partial charge in [-0.05, 0) is 49.2 Å². The topological polar surface area (TPSA) is 51.2 Å². The fraction of sp³-hybridized carbons (Fsp3) is 0.222. The zero-order valence-corrected chi connectivity index (χ0v) is 14.8. The second-order valence-corrected chi connectivity index (χ2v) is 6.72. The third kappa shape index (κ3) is 4.24. The summed E-state index contributed by atoms with van der Waals surface area (Å²) in [5, 5.41) is 4.18. The number of aromatic nitrogens is 1. The smallest absolute Gasteiger partial charge is 0.226 e. The van der Waals surface area contributed by atoms with Crippen LogP contribution in [0.2, 0.25) is 5.02 Å². The molecule has 4 nitrogen and oxygen atoms in total. The number of carbonyl (C=O) groups is 1. The SMILES string of the molecule is CCOc1ccc2nc(NC(=O)CCc3ccc(Cl)cc3)sc2c1. The highest BCUT2D eigenvalue weighted by molar-refractivity contribution is 7.22. The summed E-state index contributed by atoms with van der Waals surface area (Å²) in [6, 6.07) is 13.3. The summed E-state index contributed by atoms with van der Waals surface area (Å²) in [5.41, 5.74) is 1.94. The molecule has 0 atom stereocenters. The standard InChI is InChI=1S/C18H17ClN2O2S/c1-2-23-14-8-9-15-16(11-14)24-18(20-15)21-17(22)10-5-12-3-6-13(19)7-4-12/h3-4,6-9,11H,2,5,10H2,1H3,(H,20,21,22). The summed E-state index contributed by atoms with van der Waals surface area (Å²) in [4.78, 5) is 16.5. The molecule has 3 rings (SSSR count). The molecule has 124 valence electrons. The van der Waals surface area contributed by atoms with Crippen molar-refractivity contribution in [1.29, 1.82) is 0 Å². The molecule has 6 heteroatoms. The van der Waals surface area contributed by atoms with Crippen LogP contribution in [0.1, 0.15) is 18.9 Å². The first-order valence-corrected chi connectivity index (χ1v) is 8.91. The number of fused-ring (bicyclic) bond motifs is 1. The van der Waals surface area contributed by atoms with Gasteiger partial charge in [0.25, 0.3) is 0 Å². The number of rotatable bonds is 6. The van der Waals surface area contributed by atoms with Crippen LogP contribution in [0.3, 0.4) is 0 Å². The molecule has 1 amide bonds. The van der Waals surface area contributed by atoms with Crippen molar-refractivity contribution in [3.63, 3.8) is 0 Å². The second kappa shape index (κ2) is 7.64. The van der Waals surface area contributed by atoms with Gasteiger partial charge >= 0.3 is 0 Å². The molecule has 3 aromatic rings. The number of halogens is 1. The number of carbonyl (C=O) groups excluding carboxylic acids is 1. The van der Waals surface area contributed by atoms with Gasteiger partial charge in [0.05, 0.1) is 16.8 Å². The third-order valence-corrected chi connectivity index (χ3v) is 4.66. The van der Waals surface area contributed by atoms with Gasteiger partial charge in [0.15, 0.2) is 5.13 Å². The van der Waals surface area contributed by atoms with E-state index in [4.69, 9.17) is 16.3 Å². The van der Waals surface area contributed by atoms with Gasteiger partial charge in [0, 0.05) is 11.4 Å². The van der Waals surface area contributed by atoms with Crippen LogP contribution in [0, 0.1) is 0 Å². The largest absolute Gasteiger partial charge is 0.494 e. The Hall–Kier alpha value is -2.11. The molecule has 1 aromatic heterocycles. The summed E-state index contributed by atoms with van der Waals surface area (Å²) in [6.45, 7) is 2.57. The van der Waals surface area contributed by atoms with Crippen molar-refractivity contribution in [2.45, 2.75) is 19.8 Å². The normalized spacial score (nSPS) is 10.8. The van der Waals surface area contributed by atoms with Gasteiger partial charge in [-0.25, -0.2) is 4.98 Å². The molecular weight excluding hydrogens is 344 g/mol. The predicted octanol–water partition coefficient (Wildman–Crippen LogP) is 4.92. The lowest BCUT2D eigenvalue weighted by atomic mass is 10.1. The Morgan fingerprint density at radius 2 is 2.04 bits per heavy atom. The van der Waals surface area contributed by atoms with Crippen molar-refractivity contribution in [2.75, 3.05) is 11.9 Å². The molecule has 0 saturated carbocycles. The monoisotopic (exact) mass is 360 g/mol. The number of amides is 1. The van der Waals surface area contributed by atoms with Crippen LogP contribution in [0.4, 0.5) is 5.13 Å². The Labute approximate surface area is 149 Å². The Morgan fingerprint density at radius 3 is 2.79 bits per heavy atom. The van der Waals surface area contributed by atoms with Crippen molar-refractivity contribution in [3.05, 3.63) is 53.1 Å². The van der Waals surface area contributed by atoms with E-state index in [2.05, 4.69) is 10.3 Å². The summed E-state index contributed by atoms with van der Waals surface area (Å²) >= 11 is 7.30. The van der Waals surface area contributed by atoms with Crippen molar-refractivity contribution in [1.82, 2.24) is 4.98 Å². The Kier molecular flexibility index (Phi) is 5.33. The highest BCUT2D eigenvalue weighted by Crippen LogP contribution is 2.29. The molecule has 1 heterocycles. The zero-order valence-electron chi connectivity index (χ0n) is 13.2. The number of thiazole rings is 1. The minimum atomic E-state index is -0.0472. The molecule has 0 spiro atoms. The molecule has 0 saturated heterocycles. The number of hydrogen-bond acceptors (Lipinski definition) is 4. The Morgan fingerprint density at radius 1 is 1.25 bits per heavy atom. The lowest BCUT2D eigenvalue weighted by Crippen LogP contribution is -2.11. The molecule has 0 aliphatic rings. The highest BCUT2D eigenvalue weighted by Gasteiger charge is 2.09. The average Bonchev–Trinajstić information content (AvgIpc) is 2.96. The van der Waals surface area contributed by atoms with E-state index in [9.17, 15) is 4.79 Å². The maximum Gasteiger partial charge on any atom is 0.226 e. The first-order valence-electron chi connectivity index (χ1n) is 7.71. The zero-order chi connectivity index (χ0) is 16.9. The van der Waals surface area contributed by atoms with E-state index in [1.165, 1.54) is 11.3 Å². The van der Waals surface area contributed by atoms with Gasteiger partial charge in [-0.3, -0.25) is 4.79 Å². The number of benzene rings is 2. The molecule has 0 fully saturated rings. The molecule has 2 aromatic carbocycles. The molecule has 0 bridgehead atoms. The Balaban J connectivity index is 1.61. The van der Waals surface area contributed by atoms with E-state index >= 15 is 0 Å². The average molecular weight is 361 g/mol. The predicted molar refractivity (Wildman–Crippen MR) is 99.2 cm³/mol. The van der Waals surface area contributed by atoms with Crippen LogP contribution in [0.25, 0.3) is 10.2 Å². The van der Waals surface area contributed by atoms with E-state index in [1.807, 2.05) is 49.4 Å². The second-order valence-electron chi connectivity index (χ2n) is 5.26. The van der Waals surface area contributed by atoms with Crippen molar-refractivity contribution < 1.29 is 9.53 Å². The quantitative estimate of drug-likeness (QED) is 0.678. The van der Waals surface area contributed by atoms with Crippen LogP contribution in [0.5, 0.6) is 5.75 Å². The first-order chi connectivity index (χ1) is 11.6. The van der Waals surface area contributed by atoms with E-state index in [-0.39, 0.29) is 5.91 Å². The fourth-order valence-electron chi connectivity index (χ4n) is 2.31. The maximum atomic E-state index is 12.1. The first kappa shape index (κ1) is 16.7. The summed E-state index contributed by atoms with van der Waals surface area (Å²) in [7, 11) is 0. The molecule has 0 radical (unpaired) electrons. The fourth-order valence-corrected chi connectivity index (χ4v) is 3.34. The number of nitrogens with one attached hydrogen (secondary N) is 1. The number of anilines is 1. The van der Waals surface area contributed by atoms with Crippen molar-refractivity contribution in [3.8, 4) is 5.75 Å². The van der Waals surface area contributed by atoms with Gasteiger partial charge in [0.2, 0.25) is 5.91 Å². The lowest BCUT2D eigenvalue weighted by Gasteiger charge is -2.02. The minimum absolute atomic E-state index is 0.0472. The molecule has 0 aliphatic carbocycles. The van der Waals surface area contributed by atoms with Crippen molar-refractivity contribution in [2.24, 2.45) is 0 Å². The van der Waals surface area contributed by atoms with Crippen LogP contribution in [-0.4, -0.2) is 17.5 Å². The van der Waals surface area contributed by atoms with Crippen molar-refractivity contribution >= 4 is 44.2 Å².